The van der Waals surface area contributed by atoms with Gasteiger partial charge in [0.25, 0.3) is 0 Å². The lowest BCUT2D eigenvalue weighted by molar-refractivity contribution is 0.282. The molecule has 1 aliphatic heterocycles. The van der Waals surface area contributed by atoms with Crippen LogP contribution in [0.2, 0.25) is 0 Å². The molecule has 2 N–H and O–H groups in total. The van der Waals surface area contributed by atoms with Crippen LogP contribution in [-0.4, -0.2) is 18.6 Å². The monoisotopic (exact) mass is 392 g/mol. The first-order chi connectivity index (χ1) is 13.5. The van der Waals surface area contributed by atoms with Crippen LogP contribution in [0.5, 0.6) is 11.5 Å². The first-order valence-electron chi connectivity index (χ1n) is 8.79. The average Bonchev–Trinajstić information content (AvgIpc) is 2.71. The molecule has 5 rings (SSSR count). The molecule has 4 aromatic carbocycles. The summed E-state index contributed by atoms with van der Waals surface area (Å²) in [5, 5.41) is 21.3. The Morgan fingerprint density at radius 3 is 1.57 bits per heavy atom. The number of aliphatic hydroxyl groups is 2. The summed E-state index contributed by atoms with van der Waals surface area (Å²) in [6.45, 7) is -0.228. The van der Waals surface area contributed by atoms with E-state index in [-0.39, 0.29) is 23.0 Å². The second-order valence-electron chi connectivity index (χ2n) is 6.82. The maximum atomic E-state index is 13.7. The Morgan fingerprint density at radius 2 is 1.14 bits per heavy atom. The number of sulfone groups is 1. The second-order valence-corrected chi connectivity index (χ2v) is 8.64. The molecule has 0 bridgehead atoms. The van der Waals surface area contributed by atoms with E-state index in [0.29, 0.717) is 33.4 Å². The van der Waals surface area contributed by atoms with Gasteiger partial charge in [-0.05, 0) is 46.2 Å². The number of ether oxygens (including phenoxy) is 1. The maximum Gasteiger partial charge on any atom is 0.215 e. The van der Waals surface area contributed by atoms with Gasteiger partial charge in [-0.1, -0.05) is 36.4 Å². The van der Waals surface area contributed by atoms with Gasteiger partial charge in [0.1, 0.15) is 21.3 Å². The van der Waals surface area contributed by atoms with Crippen LogP contribution in [0.4, 0.5) is 0 Å². The van der Waals surface area contributed by atoms with Crippen molar-refractivity contribution in [3.63, 3.8) is 0 Å². The van der Waals surface area contributed by atoms with Crippen molar-refractivity contribution in [3.05, 3.63) is 71.8 Å². The normalized spacial score (nSPS) is 14.5. The molecule has 1 heterocycles. The highest BCUT2D eigenvalue weighted by Crippen LogP contribution is 2.48. The van der Waals surface area contributed by atoms with Crippen molar-refractivity contribution < 1.29 is 23.4 Å². The van der Waals surface area contributed by atoms with Crippen LogP contribution in [0.25, 0.3) is 21.5 Å². The Morgan fingerprint density at radius 1 is 0.679 bits per heavy atom. The van der Waals surface area contributed by atoms with Crippen molar-refractivity contribution in [2.75, 3.05) is 0 Å². The van der Waals surface area contributed by atoms with E-state index >= 15 is 0 Å². The van der Waals surface area contributed by atoms with Gasteiger partial charge in [-0.15, -0.1) is 0 Å². The largest absolute Gasteiger partial charge is 0.455 e. The van der Waals surface area contributed by atoms with Gasteiger partial charge in [0.2, 0.25) is 9.84 Å². The molecule has 0 saturated heterocycles. The van der Waals surface area contributed by atoms with Crippen molar-refractivity contribution in [1.29, 1.82) is 0 Å². The summed E-state index contributed by atoms with van der Waals surface area (Å²) < 4.78 is 33.3. The summed E-state index contributed by atoms with van der Waals surface area (Å²) in [5.74, 6) is 0.589. The highest BCUT2D eigenvalue weighted by atomic mass is 32.2. The van der Waals surface area contributed by atoms with E-state index in [0.717, 1.165) is 10.8 Å². The summed E-state index contributed by atoms with van der Waals surface area (Å²) in [4.78, 5) is 0.279. The molecule has 0 fully saturated rings. The fraction of sp³-hybridized carbons (Fsp3) is 0.0909. The molecule has 0 atom stereocenters. The number of hydrogen-bond donors (Lipinski definition) is 2. The quantitative estimate of drug-likeness (QED) is 0.476. The zero-order valence-electron chi connectivity index (χ0n) is 14.7. The Hall–Kier alpha value is -2.93. The Balaban J connectivity index is 1.84. The highest BCUT2D eigenvalue weighted by Gasteiger charge is 2.34. The van der Waals surface area contributed by atoms with Gasteiger partial charge in [0.15, 0.2) is 0 Å². The maximum absolute atomic E-state index is 13.7. The molecule has 0 unspecified atom stereocenters. The summed E-state index contributed by atoms with van der Waals surface area (Å²) in [5.41, 5.74) is 1.42. The fourth-order valence-corrected chi connectivity index (χ4v) is 5.70. The van der Waals surface area contributed by atoms with Crippen molar-refractivity contribution in [1.82, 2.24) is 0 Å². The van der Waals surface area contributed by atoms with Crippen LogP contribution in [0.1, 0.15) is 11.1 Å². The molecule has 0 spiro atoms. The van der Waals surface area contributed by atoms with E-state index in [1.165, 1.54) is 0 Å². The lowest BCUT2D eigenvalue weighted by atomic mass is 10.1. The minimum Gasteiger partial charge on any atom is -0.455 e. The average molecular weight is 392 g/mol. The van der Waals surface area contributed by atoms with E-state index in [1.807, 2.05) is 0 Å². The molecule has 6 heteroatoms. The Bertz CT molecular complexity index is 1270. The summed E-state index contributed by atoms with van der Waals surface area (Å²) in [6.07, 6.45) is 0. The van der Waals surface area contributed by atoms with Crippen molar-refractivity contribution in [2.24, 2.45) is 0 Å². The van der Waals surface area contributed by atoms with Crippen molar-refractivity contribution in [3.8, 4) is 11.5 Å². The third kappa shape index (κ3) is 2.36. The minimum atomic E-state index is -3.84. The second kappa shape index (κ2) is 6.04. The van der Waals surface area contributed by atoms with Gasteiger partial charge in [-0.3, -0.25) is 0 Å². The fourth-order valence-electron chi connectivity index (χ4n) is 3.79. The van der Waals surface area contributed by atoms with E-state index in [4.69, 9.17) is 4.74 Å². The summed E-state index contributed by atoms with van der Waals surface area (Å²) in [6, 6.07) is 17.3. The molecule has 0 aliphatic carbocycles. The van der Waals surface area contributed by atoms with Crippen molar-refractivity contribution in [2.45, 2.75) is 23.0 Å². The molecule has 140 valence electrons. The smallest absolute Gasteiger partial charge is 0.215 e. The van der Waals surface area contributed by atoms with Crippen LogP contribution in [0.3, 0.4) is 0 Å². The number of rotatable bonds is 2. The first kappa shape index (κ1) is 17.2. The van der Waals surface area contributed by atoms with Gasteiger partial charge in [-0.2, -0.15) is 0 Å². The molecule has 0 radical (unpaired) electrons. The molecule has 0 amide bonds. The lowest BCUT2D eigenvalue weighted by Gasteiger charge is -2.23. The van der Waals surface area contributed by atoms with Gasteiger partial charge in [-0.25, -0.2) is 8.42 Å². The van der Waals surface area contributed by atoms with Gasteiger partial charge >= 0.3 is 0 Å². The highest BCUT2D eigenvalue weighted by molar-refractivity contribution is 7.92. The van der Waals surface area contributed by atoms with Crippen molar-refractivity contribution >= 4 is 31.4 Å². The standard InChI is InChI=1S/C22H16O5S/c23-11-13-1-5-17-15(9-13)3-7-19-21(17)28(25,26)22-18-6-2-14(12-24)10-16(18)4-8-20(22)27-19/h1-10,23-24H,11-12H2. The third-order valence-corrected chi connectivity index (χ3v) is 7.04. The zero-order valence-corrected chi connectivity index (χ0v) is 15.5. The van der Waals surface area contributed by atoms with Gasteiger partial charge in [0.05, 0.1) is 13.2 Å². The molecular weight excluding hydrogens is 376 g/mol. The van der Waals surface area contributed by atoms with Gasteiger partial charge in [0, 0.05) is 10.8 Å². The molecule has 1 aliphatic rings. The molecular formula is C22H16O5S. The molecule has 5 nitrogen and oxygen atoms in total. The number of hydrogen-bond acceptors (Lipinski definition) is 5. The SMILES string of the molecule is O=S1(=O)c2c(ccc3cc(CO)ccc23)Oc2ccc3cc(CO)ccc3c21. The molecule has 4 aromatic rings. The Labute approximate surface area is 161 Å². The molecule has 28 heavy (non-hydrogen) atoms. The predicted molar refractivity (Wildman–Crippen MR) is 105 cm³/mol. The summed E-state index contributed by atoms with van der Waals surface area (Å²) >= 11 is 0. The van der Waals surface area contributed by atoms with Gasteiger partial charge < -0.3 is 14.9 Å². The lowest BCUT2D eigenvalue weighted by Crippen LogP contribution is -2.12. The van der Waals surface area contributed by atoms with E-state index < -0.39 is 9.84 Å². The third-order valence-electron chi connectivity index (χ3n) is 5.12. The first-order valence-corrected chi connectivity index (χ1v) is 10.3. The van der Waals surface area contributed by atoms with E-state index in [9.17, 15) is 18.6 Å². The topological polar surface area (TPSA) is 83.8 Å². The molecule has 0 saturated carbocycles. The Kier molecular flexibility index (Phi) is 3.71. The van der Waals surface area contributed by atoms with Crippen LogP contribution in [0.15, 0.2) is 70.5 Å². The van der Waals surface area contributed by atoms with Crippen LogP contribution in [0, 0.1) is 0 Å². The minimum absolute atomic E-state index is 0.114. The van der Waals surface area contributed by atoms with E-state index in [2.05, 4.69) is 0 Å². The van der Waals surface area contributed by atoms with E-state index in [1.54, 1.807) is 60.7 Å². The predicted octanol–water partition coefficient (Wildman–Crippen LogP) is 3.92. The van der Waals surface area contributed by atoms with Crippen LogP contribution >= 0.6 is 0 Å². The zero-order chi connectivity index (χ0) is 19.5. The summed E-state index contributed by atoms with van der Waals surface area (Å²) in [7, 11) is -3.84. The number of aliphatic hydroxyl groups excluding tert-OH is 2. The number of benzene rings is 4. The van der Waals surface area contributed by atoms with Crippen LogP contribution in [-0.2, 0) is 23.1 Å². The number of fused-ring (bicyclic) bond motifs is 6. The molecule has 0 aromatic heterocycles. The van der Waals surface area contributed by atoms with Crippen LogP contribution < -0.4 is 4.74 Å².